The molecule has 0 aliphatic carbocycles. The summed E-state index contributed by atoms with van der Waals surface area (Å²) in [5.74, 6) is 1.40. The first-order valence-electron chi connectivity index (χ1n) is 6.99. The lowest BCUT2D eigenvalue weighted by Crippen LogP contribution is -2.02. The summed E-state index contributed by atoms with van der Waals surface area (Å²) in [6, 6.07) is 11.6. The summed E-state index contributed by atoms with van der Waals surface area (Å²) in [6.07, 6.45) is 0.176. The third kappa shape index (κ3) is 3.06. The number of halogens is 1. The summed E-state index contributed by atoms with van der Waals surface area (Å²) in [4.78, 5) is 0. The van der Waals surface area contributed by atoms with E-state index < -0.39 is 6.10 Å². The molecule has 0 saturated carbocycles. The second-order valence-corrected chi connectivity index (χ2v) is 6.05. The molecular weight excluding hydrogens is 332 g/mol. The van der Waals surface area contributed by atoms with E-state index >= 15 is 0 Å². The third-order valence-electron chi connectivity index (χ3n) is 3.50. The lowest BCUT2D eigenvalue weighted by atomic mass is 9.99. The fourth-order valence-electron chi connectivity index (χ4n) is 2.44. The van der Waals surface area contributed by atoms with Crippen LogP contribution in [0.15, 0.2) is 40.9 Å². The van der Waals surface area contributed by atoms with Crippen molar-refractivity contribution in [2.75, 3.05) is 13.2 Å². The molecule has 1 unspecified atom stereocenters. The maximum atomic E-state index is 10.6. The van der Waals surface area contributed by atoms with E-state index in [9.17, 15) is 5.11 Å². The molecule has 2 aromatic carbocycles. The Hall–Kier alpha value is -1.52. The van der Waals surface area contributed by atoms with Crippen LogP contribution in [0, 0.1) is 6.92 Å². The summed E-state index contributed by atoms with van der Waals surface area (Å²) in [7, 11) is 0. The van der Waals surface area contributed by atoms with Crippen molar-refractivity contribution < 1.29 is 14.6 Å². The molecule has 21 heavy (non-hydrogen) atoms. The molecule has 110 valence electrons. The highest BCUT2D eigenvalue weighted by molar-refractivity contribution is 9.10. The molecule has 0 saturated heterocycles. The van der Waals surface area contributed by atoms with Gasteiger partial charge in [-0.25, -0.2) is 0 Å². The topological polar surface area (TPSA) is 38.7 Å². The Labute approximate surface area is 132 Å². The number of fused-ring (bicyclic) bond motifs is 1. The standard InChI is InChI=1S/C17H17BrO3/c1-11-4-2-5-12(8-11)16(19)13-9-14(18)17-15(10-13)20-6-3-7-21-17/h2,4-5,8-10,16,19H,3,6-7H2,1H3. The monoisotopic (exact) mass is 348 g/mol. The zero-order chi connectivity index (χ0) is 14.8. The molecule has 1 atom stereocenters. The highest BCUT2D eigenvalue weighted by Gasteiger charge is 2.19. The van der Waals surface area contributed by atoms with Gasteiger partial charge in [-0.3, -0.25) is 0 Å². The molecule has 0 aromatic heterocycles. The summed E-state index contributed by atoms with van der Waals surface area (Å²) in [5.41, 5.74) is 2.79. The minimum Gasteiger partial charge on any atom is -0.490 e. The van der Waals surface area contributed by atoms with Crippen LogP contribution in [-0.4, -0.2) is 18.3 Å². The second-order valence-electron chi connectivity index (χ2n) is 5.20. The zero-order valence-electron chi connectivity index (χ0n) is 11.8. The Morgan fingerprint density at radius 3 is 2.71 bits per heavy atom. The largest absolute Gasteiger partial charge is 0.490 e. The Morgan fingerprint density at radius 1 is 1.10 bits per heavy atom. The van der Waals surface area contributed by atoms with E-state index in [0.29, 0.717) is 24.7 Å². The first-order chi connectivity index (χ1) is 10.1. The van der Waals surface area contributed by atoms with Crippen LogP contribution in [0.3, 0.4) is 0 Å². The van der Waals surface area contributed by atoms with Crippen LogP contribution in [0.1, 0.15) is 29.2 Å². The first kappa shape index (κ1) is 14.4. The molecule has 1 aliphatic rings. The van der Waals surface area contributed by atoms with Gasteiger partial charge in [0.1, 0.15) is 6.10 Å². The van der Waals surface area contributed by atoms with Gasteiger partial charge in [0, 0.05) is 6.42 Å². The molecule has 3 nitrogen and oxygen atoms in total. The van der Waals surface area contributed by atoms with Gasteiger partial charge >= 0.3 is 0 Å². The minimum absolute atomic E-state index is 0.628. The molecule has 1 aliphatic heterocycles. The number of aliphatic hydroxyl groups is 1. The minimum atomic E-state index is -0.682. The molecule has 1 heterocycles. The van der Waals surface area contributed by atoms with Crippen LogP contribution in [0.2, 0.25) is 0 Å². The molecule has 0 amide bonds. The third-order valence-corrected chi connectivity index (χ3v) is 4.09. The SMILES string of the molecule is Cc1cccc(C(O)c2cc(Br)c3c(c2)OCCCO3)c1. The van der Waals surface area contributed by atoms with Crippen LogP contribution in [0.4, 0.5) is 0 Å². The lowest BCUT2D eigenvalue weighted by molar-refractivity contribution is 0.219. The van der Waals surface area contributed by atoms with Crippen LogP contribution in [0.25, 0.3) is 0 Å². The van der Waals surface area contributed by atoms with Gasteiger partial charge in [0.25, 0.3) is 0 Å². The summed E-state index contributed by atoms with van der Waals surface area (Å²) < 4.78 is 12.2. The van der Waals surface area contributed by atoms with Gasteiger partial charge in [0.05, 0.1) is 17.7 Å². The normalized spacial score (nSPS) is 15.4. The molecule has 0 fully saturated rings. The van der Waals surface area contributed by atoms with Crippen LogP contribution in [-0.2, 0) is 0 Å². The number of hydrogen-bond donors (Lipinski definition) is 1. The van der Waals surface area contributed by atoms with Gasteiger partial charge < -0.3 is 14.6 Å². The molecule has 0 radical (unpaired) electrons. The Morgan fingerprint density at radius 2 is 1.90 bits per heavy atom. The fraction of sp³-hybridized carbons (Fsp3) is 0.294. The smallest absolute Gasteiger partial charge is 0.175 e. The average Bonchev–Trinajstić information content (AvgIpc) is 2.72. The number of ether oxygens (including phenoxy) is 2. The Kier molecular flexibility index (Phi) is 4.17. The lowest BCUT2D eigenvalue weighted by Gasteiger charge is -2.16. The molecule has 2 aromatic rings. The Balaban J connectivity index is 1.99. The summed E-state index contributed by atoms with van der Waals surface area (Å²) in [5, 5.41) is 10.6. The molecule has 4 heteroatoms. The summed E-state index contributed by atoms with van der Waals surface area (Å²) >= 11 is 3.51. The van der Waals surface area contributed by atoms with Gasteiger partial charge in [0.15, 0.2) is 11.5 Å². The quantitative estimate of drug-likeness (QED) is 0.891. The van der Waals surface area contributed by atoms with Crippen LogP contribution >= 0.6 is 15.9 Å². The van der Waals surface area contributed by atoms with E-state index in [-0.39, 0.29) is 0 Å². The maximum absolute atomic E-state index is 10.6. The van der Waals surface area contributed by atoms with Gasteiger partial charge in [-0.1, -0.05) is 29.8 Å². The van der Waals surface area contributed by atoms with Crippen molar-refractivity contribution in [1.29, 1.82) is 0 Å². The summed E-state index contributed by atoms with van der Waals surface area (Å²) in [6.45, 7) is 3.29. The van der Waals surface area contributed by atoms with Gasteiger partial charge in [-0.2, -0.15) is 0 Å². The number of aryl methyl sites for hydroxylation is 1. The van der Waals surface area contributed by atoms with Gasteiger partial charge in [0.2, 0.25) is 0 Å². The van der Waals surface area contributed by atoms with E-state index in [1.54, 1.807) is 0 Å². The van der Waals surface area contributed by atoms with Crippen molar-refractivity contribution in [3.8, 4) is 11.5 Å². The average molecular weight is 349 g/mol. The number of rotatable bonds is 2. The fourth-order valence-corrected chi connectivity index (χ4v) is 3.02. The van der Waals surface area contributed by atoms with Crippen molar-refractivity contribution in [1.82, 2.24) is 0 Å². The van der Waals surface area contributed by atoms with E-state index in [4.69, 9.17) is 9.47 Å². The van der Waals surface area contributed by atoms with Crippen LogP contribution < -0.4 is 9.47 Å². The van der Waals surface area contributed by atoms with Gasteiger partial charge in [-0.05, 0) is 46.1 Å². The van der Waals surface area contributed by atoms with E-state index in [1.165, 1.54) is 0 Å². The molecule has 0 bridgehead atoms. The predicted molar refractivity (Wildman–Crippen MR) is 85.0 cm³/mol. The molecule has 3 rings (SSSR count). The molecular formula is C17H17BrO3. The van der Waals surface area contributed by atoms with Crippen molar-refractivity contribution in [2.45, 2.75) is 19.4 Å². The second kappa shape index (κ2) is 6.08. The van der Waals surface area contributed by atoms with Crippen molar-refractivity contribution in [3.63, 3.8) is 0 Å². The van der Waals surface area contributed by atoms with E-state index in [0.717, 1.165) is 27.6 Å². The predicted octanol–water partition coefficient (Wildman–Crippen LogP) is 4.00. The zero-order valence-corrected chi connectivity index (χ0v) is 13.4. The Bertz CT molecular complexity index is 654. The molecule has 1 N–H and O–H groups in total. The number of benzene rings is 2. The van der Waals surface area contributed by atoms with E-state index in [2.05, 4.69) is 15.9 Å². The van der Waals surface area contributed by atoms with Gasteiger partial charge in [-0.15, -0.1) is 0 Å². The molecule has 0 spiro atoms. The number of aliphatic hydroxyl groups excluding tert-OH is 1. The van der Waals surface area contributed by atoms with Crippen molar-refractivity contribution >= 4 is 15.9 Å². The van der Waals surface area contributed by atoms with Crippen molar-refractivity contribution in [2.24, 2.45) is 0 Å². The van der Waals surface area contributed by atoms with Crippen molar-refractivity contribution in [3.05, 3.63) is 57.6 Å². The first-order valence-corrected chi connectivity index (χ1v) is 7.78. The highest BCUT2D eigenvalue weighted by Crippen LogP contribution is 2.40. The van der Waals surface area contributed by atoms with E-state index in [1.807, 2.05) is 43.3 Å². The highest BCUT2D eigenvalue weighted by atomic mass is 79.9. The van der Waals surface area contributed by atoms with Crippen LogP contribution in [0.5, 0.6) is 11.5 Å². The maximum Gasteiger partial charge on any atom is 0.175 e. The number of hydrogen-bond acceptors (Lipinski definition) is 3.